The van der Waals surface area contributed by atoms with Gasteiger partial charge in [-0.3, -0.25) is 0 Å². The summed E-state index contributed by atoms with van der Waals surface area (Å²) in [7, 11) is 0. The Morgan fingerprint density at radius 2 is 2.19 bits per heavy atom. The number of alkyl halides is 3. The second-order valence-electron chi connectivity index (χ2n) is 3.92. The smallest absolute Gasteiger partial charge is 0.338 e. The molecule has 0 amide bonds. The average molecular weight is 231 g/mol. The number of aromatic nitrogens is 2. The van der Waals surface area contributed by atoms with Crippen molar-refractivity contribution in [2.24, 2.45) is 0 Å². The molecule has 0 aromatic carbocycles. The Morgan fingerprint density at radius 1 is 1.44 bits per heavy atom. The minimum atomic E-state index is -4.40. The first-order chi connectivity index (χ1) is 7.48. The van der Waals surface area contributed by atoms with Crippen LogP contribution in [0.25, 0.3) is 0 Å². The van der Waals surface area contributed by atoms with Crippen LogP contribution in [-0.4, -0.2) is 22.6 Å². The average Bonchev–Trinajstić information content (AvgIpc) is 2.63. The lowest BCUT2D eigenvalue weighted by Gasteiger charge is -2.21. The maximum Gasteiger partial charge on any atom is 0.433 e. The van der Waals surface area contributed by atoms with E-state index in [2.05, 4.69) is 9.97 Å². The molecule has 0 N–H and O–H groups in total. The van der Waals surface area contributed by atoms with Crippen molar-refractivity contribution < 1.29 is 13.2 Å². The summed E-state index contributed by atoms with van der Waals surface area (Å²) in [5.74, 6) is 0.180. The highest BCUT2D eigenvalue weighted by Gasteiger charge is 2.34. The monoisotopic (exact) mass is 231 g/mol. The maximum absolute atomic E-state index is 12.4. The van der Waals surface area contributed by atoms with Gasteiger partial charge in [-0.15, -0.1) is 0 Å². The fourth-order valence-corrected chi connectivity index (χ4v) is 1.88. The van der Waals surface area contributed by atoms with E-state index in [-0.39, 0.29) is 12.0 Å². The van der Waals surface area contributed by atoms with Gasteiger partial charge in [0.25, 0.3) is 0 Å². The first-order valence-electron chi connectivity index (χ1n) is 5.15. The molecule has 0 spiro atoms. The summed E-state index contributed by atoms with van der Waals surface area (Å²) in [5.41, 5.74) is -0.878. The third-order valence-corrected chi connectivity index (χ3v) is 2.74. The van der Waals surface area contributed by atoms with E-state index in [0.717, 1.165) is 31.6 Å². The fourth-order valence-electron chi connectivity index (χ4n) is 1.88. The van der Waals surface area contributed by atoms with Crippen LogP contribution < -0.4 is 4.90 Å². The van der Waals surface area contributed by atoms with Crippen LogP contribution in [0.3, 0.4) is 0 Å². The first-order valence-corrected chi connectivity index (χ1v) is 5.15. The molecule has 0 saturated carbocycles. The van der Waals surface area contributed by atoms with Gasteiger partial charge in [-0.1, -0.05) is 0 Å². The molecule has 0 unspecified atom stereocenters. The van der Waals surface area contributed by atoms with Gasteiger partial charge in [0.05, 0.1) is 0 Å². The Kier molecular flexibility index (Phi) is 2.73. The Balaban J connectivity index is 2.29. The van der Waals surface area contributed by atoms with Gasteiger partial charge in [-0.25, -0.2) is 9.97 Å². The number of hydrogen-bond acceptors (Lipinski definition) is 3. The molecule has 1 saturated heterocycles. The summed E-state index contributed by atoms with van der Waals surface area (Å²) >= 11 is 0. The first kappa shape index (κ1) is 11.2. The van der Waals surface area contributed by atoms with Crippen molar-refractivity contribution in [1.29, 1.82) is 0 Å². The molecule has 88 valence electrons. The molecule has 0 bridgehead atoms. The highest BCUT2D eigenvalue weighted by Crippen LogP contribution is 2.29. The van der Waals surface area contributed by atoms with Crippen molar-refractivity contribution in [3.05, 3.63) is 18.0 Å². The third kappa shape index (κ3) is 2.10. The normalized spacial score (nSPS) is 21.5. The molecule has 1 atom stereocenters. The fraction of sp³-hybridized carbons (Fsp3) is 0.600. The highest BCUT2D eigenvalue weighted by molar-refractivity contribution is 5.33. The topological polar surface area (TPSA) is 29.0 Å². The third-order valence-electron chi connectivity index (χ3n) is 2.74. The van der Waals surface area contributed by atoms with Crippen LogP contribution in [0.5, 0.6) is 0 Å². The molecule has 1 fully saturated rings. The number of nitrogens with zero attached hydrogens (tertiary/aromatic N) is 3. The molecule has 0 radical (unpaired) electrons. The number of rotatable bonds is 1. The second-order valence-corrected chi connectivity index (χ2v) is 3.92. The van der Waals surface area contributed by atoms with Gasteiger partial charge >= 0.3 is 6.18 Å². The molecule has 1 aromatic rings. The summed E-state index contributed by atoms with van der Waals surface area (Å²) in [5, 5.41) is 0. The summed E-state index contributed by atoms with van der Waals surface area (Å²) in [6.07, 6.45) is -1.29. The van der Waals surface area contributed by atoms with Crippen LogP contribution in [0, 0.1) is 0 Å². The zero-order valence-electron chi connectivity index (χ0n) is 8.83. The predicted molar refractivity (Wildman–Crippen MR) is 53.1 cm³/mol. The number of halogens is 3. The SMILES string of the molecule is C[C@H]1CCCN1c1nccc(C(F)(F)F)n1. The summed E-state index contributed by atoms with van der Waals surface area (Å²) in [6, 6.07) is 1.10. The summed E-state index contributed by atoms with van der Waals surface area (Å²) in [4.78, 5) is 9.28. The van der Waals surface area contributed by atoms with Crippen LogP contribution >= 0.6 is 0 Å². The van der Waals surface area contributed by atoms with Crippen molar-refractivity contribution in [3.63, 3.8) is 0 Å². The van der Waals surface area contributed by atoms with E-state index in [1.807, 2.05) is 11.8 Å². The molecule has 3 nitrogen and oxygen atoms in total. The van der Waals surface area contributed by atoms with Gasteiger partial charge < -0.3 is 4.90 Å². The van der Waals surface area contributed by atoms with E-state index in [9.17, 15) is 13.2 Å². The van der Waals surface area contributed by atoms with Crippen LogP contribution in [0.2, 0.25) is 0 Å². The Labute approximate surface area is 91.3 Å². The quantitative estimate of drug-likeness (QED) is 0.743. The Bertz CT molecular complexity index is 378. The maximum atomic E-state index is 12.4. The zero-order valence-corrected chi connectivity index (χ0v) is 8.83. The van der Waals surface area contributed by atoms with E-state index < -0.39 is 11.9 Å². The van der Waals surface area contributed by atoms with Crippen LogP contribution in [-0.2, 0) is 6.18 Å². The van der Waals surface area contributed by atoms with Gasteiger partial charge in [0.15, 0.2) is 0 Å². The van der Waals surface area contributed by atoms with E-state index in [1.54, 1.807) is 0 Å². The molecule has 2 rings (SSSR count). The van der Waals surface area contributed by atoms with Crippen LogP contribution in [0.1, 0.15) is 25.5 Å². The molecule has 1 aliphatic heterocycles. The van der Waals surface area contributed by atoms with Gasteiger partial charge in [0.2, 0.25) is 5.95 Å². The molecule has 2 heterocycles. The minimum Gasteiger partial charge on any atom is -0.338 e. The van der Waals surface area contributed by atoms with Crippen LogP contribution in [0.4, 0.5) is 19.1 Å². The van der Waals surface area contributed by atoms with E-state index in [1.165, 1.54) is 0 Å². The molecular formula is C10H12F3N3. The molecule has 16 heavy (non-hydrogen) atoms. The zero-order chi connectivity index (χ0) is 11.8. The minimum absolute atomic E-state index is 0.180. The van der Waals surface area contributed by atoms with Gasteiger partial charge in [-0.2, -0.15) is 13.2 Å². The van der Waals surface area contributed by atoms with E-state index in [0.29, 0.717) is 0 Å². The van der Waals surface area contributed by atoms with Crippen molar-refractivity contribution in [2.75, 3.05) is 11.4 Å². The van der Waals surface area contributed by atoms with Gasteiger partial charge in [-0.05, 0) is 25.8 Å². The van der Waals surface area contributed by atoms with Crippen molar-refractivity contribution in [2.45, 2.75) is 32.0 Å². The Morgan fingerprint density at radius 3 is 2.75 bits per heavy atom. The molecule has 6 heteroatoms. The highest BCUT2D eigenvalue weighted by atomic mass is 19.4. The van der Waals surface area contributed by atoms with E-state index in [4.69, 9.17) is 0 Å². The van der Waals surface area contributed by atoms with Crippen molar-refractivity contribution >= 4 is 5.95 Å². The second kappa shape index (κ2) is 3.92. The van der Waals surface area contributed by atoms with Crippen molar-refractivity contribution in [1.82, 2.24) is 9.97 Å². The van der Waals surface area contributed by atoms with Gasteiger partial charge in [0, 0.05) is 18.8 Å². The number of hydrogen-bond donors (Lipinski definition) is 0. The lowest BCUT2D eigenvalue weighted by Crippen LogP contribution is -2.28. The predicted octanol–water partition coefficient (Wildman–Crippen LogP) is 2.48. The molecule has 1 aliphatic rings. The molecule has 1 aromatic heterocycles. The molecule has 0 aliphatic carbocycles. The summed E-state index contributed by atoms with van der Waals surface area (Å²) < 4.78 is 37.3. The Hall–Kier alpha value is -1.33. The summed E-state index contributed by atoms with van der Waals surface area (Å²) in [6.45, 7) is 2.69. The molecular weight excluding hydrogens is 219 g/mol. The lowest BCUT2D eigenvalue weighted by atomic mass is 10.2. The van der Waals surface area contributed by atoms with E-state index >= 15 is 0 Å². The standard InChI is InChI=1S/C10H12F3N3/c1-7-3-2-6-16(7)9-14-5-4-8(15-9)10(11,12)13/h4-5,7H,2-3,6H2,1H3/t7-/m0/s1. The van der Waals surface area contributed by atoms with Gasteiger partial charge in [0.1, 0.15) is 5.69 Å². The van der Waals surface area contributed by atoms with Crippen molar-refractivity contribution in [3.8, 4) is 0 Å². The van der Waals surface area contributed by atoms with Crippen LogP contribution in [0.15, 0.2) is 12.3 Å². The lowest BCUT2D eigenvalue weighted by molar-refractivity contribution is -0.141. The largest absolute Gasteiger partial charge is 0.433 e. The number of anilines is 1.